The number of benzene rings is 1. The van der Waals surface area contributed by atoms with Crippen LogP contribution in [0.25, 0.3) is 0 Å². The molecule has 0 atom stereocenters. The quantitative estimate of drug-likeness (QED) is 0.633. The van der Waals surface area contributed by atoms with Gasteiger partial charge in [0.25, 0.3) is 0 Å². The zero-order valence-corrected chi connectivity index (χ0v) is 11.6. The summed E-state index contributed by atoms with van der Waals surface area (Å²) in [6.45, 7) is 0.0609. The summed E-state index contributed by atoms with van der Waals surface area (Å²) in [5, 5.41) is 4.92. The maximum absolute atomic E-state index is 12.3. The Morgan fingerprint density at radius 2 is 2.15 bits per heavy atom. The van der Waals surface area contributed by atoms with Gasteiger partial charge in [-0.15, -0.1) is 19.6 Å². The third kappa shape index (κ3) is 5.95. The summed E-state index contributed by atoms with van der Waals surface area (Å²) in [6.07, 6.45) is 0.138. The lowest BCUT2D eigenvalue weighted by molar-refractivity contribution is -0.274. The number of halogens is 4. The Morgan fingerprint density at radius 3 is 2.75 bits per heavy atom. The van der Waals surface area contributed by atoms with Gasteiger partial charge in [0.1, 0.15) is 0 Å². The van der Waals surface area contributed by atoms with Gasteiger partial charge in [-0.25, -0.2) is 0 Å². The van der Waals surface area contributed by atoms with E-state index in [0.717, 1.165) is 6.07 Å². The highest BCUT2D eigenvalue weighted by molar-refractivity contribution is 9.10. The summed E-state index contributed by atoms with van der Waals surface area (Å²) in [5.74, 6) is 1.23. The van der Waals surface area contributed by atoms with E-state index in [1.165, 1.54) is 12.1 Å². The summed E-state index contributed by atoms with van der Waals surface area (Å²) < 4.78 is 41.0. The molecule has 0 aliphatic heterocycles. The minimum absolute atomic E-state index is 0.0852. The second-order valence-corrected chi connectivity index (χ2v) is 4.46. The molecule has 0 unspecified atom stereocenters. The Hall–Kier alpha value is -1.72. The van der Waals surface area contributed by atoms with Crippen LogP contribution in [-0.4, -0.2) is 25.4 Å². The molecule has 1 rings (SSSR count). The highest BCUT2D eigenvalue weighted by Gasteiger charge is 2.32. The van der Waals surface area contributed by atoms with E-state index < -0.39 is 18.0 Å². The Labute approximate surface area is 121 Å². The number of ether oxygens (including phenoxy) is 1. The molecule has 1 aromatic carbocycles. The molecule has 0 bridgehead atoms. The lowest BCUT2D eigenvalue weighted by Gasteiger charge is -2.14. The number of amides is 1. The van der Waals surface area contributed by atoms with Crippen LogP contribution in [0.4, 0.5) is 18.9 Å². The van der Waals surface area contributed by atoms with Gasteiger partial charge in [-0.1, -0.05) is 21.9 Å². The summed E-state index contributed by atoms with van der Waals surface area (Å²) >= 11 is 3.03. The predicted molar refractivity (Wildman–Crippen MR) is 71.2 cm³/mol. The Bertz CT molecular complexity index is 526. The molecule has 4 nitrogen and oxygen atoms in total. The molecule has 1 aromatic rings. The highest BCUT2D eigenvalue weighted by Crippen LogP contribution is 2.32. The number of carbonyl (C=O) groups is 1. The number of hydrogen-bond donors (Lipinski definition) is 2. The van der Waals surface area contributed by atoms with E-state index in [1.807, 2.05) is 0 Å². The molecule has 20 heavy (non-hydrogen) atoms. The first kappa shape index (κ1) is 16.3. The van der Waals surface area contributed by atoms with Gasteiger partial charge >= 0.3 is 6.36 Å². The predicted octanol–water partition coefficient (Wildman–Crippen LogP) is 2.51. The van der Waals surface area contributed by atoms with Crippen LogP contribution in [0, 0.1) is 12.3 Å². The third-order valence-corrected chi connectivity index (χ3v) is 2.45. The molecule has 1 amide bonds. The van der Waals surface area contributed by atoms with Crippen molar-refractivity contribution in [2.45, 2.75) is 6.36 Å². The first-order chi connectivity index (χ1) is 9.31. The van der Waals surface area contributed by atoms with Crippen LogP contribution in [-0.2, 0) is 4.79 Å². The minimum Gasteiger partial charge on any atom is -0.404 e. The second-order valence-electron chi connectivity index (χ2n) is 3.54. The maximum Gasteiger partial charge on any atom is 0.573 e. The van der Waals surface area contributed by atoms with Crippen LogP contribution < -0.4 is 15.4 Å². The molecule has 0 aromatic heterocycles. The monoisotopic (exact) mass is 350 g/mol. The SMILES string of the molecule is C#CCNCC(=O)Nc1ccc(Br)cc1OC(F)(F)F. The average molecular weight is 351 g/mol. The molecule has 0 saturated heterocycles. The number of anilines is 1. The van der Waals surface area contributed by atoms with Crippen molar-refractivity contribution in [2.24, 2.45) is 0 Å². The summed E-state index contributed by atoms with van der Waals surface area (Å²) in [4.78, 5) is 11.5. The standard InChI is InChI=1S/C12H10BrF3N2O2/c1-2-5-17-7-11(19)18-9-4-3-8(13)6-10(9)20-12(14,15)16/h1,3-4,6,17H,5,7H2,(H,18,19). The first-order valence-corrected chi connectivity index (χ1v) is 6.10. The van der Waals surface area contributed by atoms with Crippen LogP contribution in [0.5, 0.6) is 5.75 Å². The van der Waals surface area contributed by atoms with Gasteiger partial charge in [-0.3, -0.25) is 10.1 Å². The lowest BCUT2D eigenvalue weighted by atomic mass is 10.3. The van der Waals surface area contributed by atoms with Crippen LogP contribution in [0.15, 0.2) is 22.7 Å². The molecule has 8 heteroatoms. The summed E-state index contributed by atoms with van der Waals surface area (Å²) in [7, 11) is 0. The normalized spacial score (nSPS) is 10.8. The molecule has 2 N–H and O–H groups in total. The average Bonchev–Trinajstić information content (AvgIpc) is 2.31. The van der Waals surface area contributed by atoms with Gasteiger partial charge in [0.15, 0.2) is 5.75 Å². The minimum atomic E-state index is -4.85. The zero-order chi connectivity index (χ0) is 15.2. The highest BCUT2D eigenvalue weighted by atomic mass is 79.9. The number of alkyl halides is 3. The molecule has 0 aliphatic carbocycles. The number of terminal acetylenes is 1. The van der Waals surface area contributed by atoms with Crippen molar-refractivity contribution in [1.82, 2.24) is 5.32 Å². The topological polar surface area (TPSA) is 50.4 Å². The van der Waals surface area contributed by atoms with E-state index >= 15 is 0 Å². The molecule has 0 radical (unpaired) electrons. The van der Waals surface area contributed by atoms with Gasteiger partial charge in [0.05, 0.1) is 18.8 Å². The Kier molecular flexibility index (Phi) is 5.85. The fourth-order valence-electron chi connectivity index (χ4n) is 1.25. The molecular formula is C12H10BrF3N2O2. The van der Waals surface area contributed by atoms with E-state index in [0.29, 0.717) is 4.47 Å². The smallest absolute Gasteiger partial charge is 0.404 e. The van der Waals surface area contributed by atoms with Crippen molar-refractivity contribution in [1.29, 1.82) is 0 Å². The van der Waals surface area contributed by atoms with Crippen molar-refractivity contribution < 1.29 is 22.7 Å². The van der Waals surface area contributed by atoms with E-state index in [4.69, 9.17) is 6.42 Å². The fraction of sp³-hybridized carbons (Fsp3) is 0.250. The third-order valence-electron chi connectivity index (χ3n) is 1.96. The molecular weight excluding hydrogens is 341 g/mol. The van der Waals surface area contributed by atoms with E-state index in [2.05, 4.69) is 37.2 Å². The van der Waals surface area contributed by atoms with Crippen molar-refractivity contribution in [3.8, 4) is 18.1 Å². The van der Waals surface area contributed by atoms with Crippen LogP contribution in [0.1, 0.15) is 0 Å². The van der Waals surface area contributed by atoms with Crippen molar-refractivity contribution >= 4 is 27.5 Å². The number of nitrogens with one attached hydrogen (secondary N) is 2. The summed E-state index contributed by atoms with van der Waals surface area (Å²) in [5.41, 5.74) is -0.0852. The van der Waals surface area contributed by atoms with Crippen LogP contribution in [0.2, 0.25) is 0 Å². The van der Waals surface area contributed by atoms with Crippen LogP contribution in [0.3, 0.4) is 0 Å². The second kappa shape index (κ2) is 7.17. The number of rotatable bonds is 5. The maximum atomic E-state index is 12.3. The number of carbonyl (C=O) groups excluding carboxylic acids is 1. The molecule has 108 valence electrons. The molecule has 0 aliphatic rings. The zero-order valence-electron chi connectivity index (χ0n) is 10.1. The van der Waals surface area contributed by atoms with E-state index in [-0.39, 0.29) is 18.8 Å². The number of hydrogen-bond acceptors (Lipinski definition) is 3. The van der Waals surface area contributed by atoms with Gasteiger partial charge in [-0.2, -0.15) is 0 Å². The summed E-state index contributed by atoms with van der Waals surface area (Å²) in [6, 6.07) is 3.88. The van der Waals surface area contributed by atoms with Gasteiger partial charge in [0.2, 0.25) is 5.91 Å². The fourth-order valence-corrected chi connectivity index (χ4v) is 1.59. The Balaban J connectivity index is 2.79. The van der Waals surface area contributed by atoms with Gasteiger partial charge < -0.3 is 10.1 Å². The largest absolute Gasteiger partial charge is 0.573 e. The van der Waals surface area contributed by atoms with Crippen molar-refractivity contribution in [3.05, 3.63) is 22.7 Å². The van der Waals surface area contributed by atoms with Crippen molar-refractivity contribution in [2.75, 3.05) is 18.4 Å². The molecule has 0 fully saturated rings. The van der Waals surface area contributed by atoms with Crippen LogP contribution >= 0.6 is 15.9 Å². The molecule has 0 heterocycles. The Morgan fingerprint density at radius 1 is 1.45 bits per heavy atom. The van der Waals surface area contributed by atoms with Crippen molar-refractivity contribution in [3.63, 3.8) is 0 Å². The van der Waals surface area contributed by atoms with E-state index in [1.54, 1.807) is 0 Å². The first-order valence-electron chi connectivity index (χ1n) is 5.31. The molecule has 0 saturated carbocycles. The van der Waals surface area contributed by atoms with Gasteiger partial charge in [-0.05, 0) is 18.2 Å². The molecule has 0 spiro atoms. The van der Waals surface area contributed by atoms with Gasteiger partial charge in [0, 0.05) is 4.47 Å². The van der Waals surface area contributed by atoms with E-state index in [9.17, 15) is 18.0 Å². The lowest BCUT2D eigenvalue weighted by Crippen LogP contribution is -2.28.